The Bertz CT molecular complexity index is 1470. The Kier molecular flexibility index (Phi) is 7.18. The first-order valence-electron chi connectivity index (χ1n) is 13.0. The fourth-order valence-electron chi connectivity index (χ4n) is 5.15. The minimum absolute atomic E-state index is 0.107. The van der Waals surface area contributed by atoms with Crippen LogP contribution in [0.15, 0.2) is 59.3 Å². The number of furan rings is 1. The fraction of sp³-hybridized carbons (Fsp3) is 0.379. The molecule has 1 aliphatic rings. The van der Waals surface area contributed by atoms with Gasteiger partial charge in [0.15, 0.2) is 0 Å². The highest BCUT2D eigenvalue weighted by atomic mass is 16.5. The number of nitrogens with zero attached hydrogens (tertiary/aromatic N) is 3. The summed E-state index contributed by atoms with van der Waals surface area (Å²) in [6.45, 7) is 5.19. The molecule has 198 valence electrons. The first-order valence-corrected chi connectivity index (χ1v) is 13.0. The molecule has 1 atom stereocenters. The van der Waals surface area contributed by atoms with E-state index in [2.05, 4.69) is 10.2 Å². The zero-order chi connectivity index (χ0) is 26.7. The van der Waals surface area contributed by atoms with E-state index in [0.29, 0.717) is 39.1 Å². The van der Waals surface area contributed by atoms with Gasteiger partial charge in [0.25, 0.3) is 0 Å². The van der Waals surface area contributed by atoms with Gasteiger partial charge in [-0.05, 0) is 44.4 Å². The summed E-state index contributed by atoms with van der Waals surface area (Å²) in [6, 6.07) is 13.5. The summed E-state index contributed by atoms with van der Waals surface area (Å²) in [5.74, 6) is -0.510. The number of carbonyl (C=O) groups excluding carboxylic acids is 3. The molecular weight excluding hydrogens is 484 g/mol. The summed E-state index contributed by atoms with van der Waals surface area (Å²) >= 11 is 0. The lowest BCUT2D eigenvalue weighted by Crippen LogP contribution is -2.68. The van der Waals surface area contributed by atoms with E-state index in [4.69, 9.17) is 9.15 Å². The third kappa shape index (κ3) is 5.01. The number of hydrogen-bond acceptors (Lipinski definition) is 6. The lowest BCUT2D eigenvalue weighted by Gasteiger charge is -2.51. The van der Waals surface area contributed by atoms with Crippen LogP contribution >= 0.6 is 0 Å². The Labute approximate surface area is 220 Å². The molecule has 9 nitrogen and oxygen atoms in total. The first kappa shape index (κ1) is 25.5. The number of para-hydroxylation sites is 1. The van der Waals surface area contributed by atoms with Gasteiger partial charge >= 0.3 is 5.97 Å². The summed E-state index contributed by atoms with van der Waals surface area (Å²) in [4.78, 5) is 42.7. The molecule has 2 amide bonds. The van der Waals surface area contributed by atoms with Gasteiger partial charge in [-0.15, -0.1) is 0 Å². The van der Waals surface area contributed by atoms with Crippen LogP contribution in [0.25, 0.3) is 21.9 Å². The number of nitrogens with one attached hydrogen (secondary N) is 1. The average Bonchev–Trinajstić information content (AvgIpc) is 3.53. The minimum atomic E-state index is -0.946. The van der Waals surface area contributed by atoms with Crippen LogP contribution in [0.1, 0.15) is 44.2 Å². The second-order valence-corrected chi connectivity index (χ2v) is 9.93. The van der Waals surface area contributed by atoms with Crippen LogP contribution < -0.4 is 0 Å². The predicted molar refractivity (Wildman–Crippen MR) is 142 cm³/mol. The van der Waals surface area contributed by atoms with Crippen molar-refractivity contribution < 1.29 is 23.5 Å². The number of ether oxygens (including phenoxy) is 1. The second-order valence-electron chi connectivity index (χ2n) is 9.93. The molecule has 1 saturated heterocycles. The van der Waals surface area contributed by atoms with Crippen molar-refractivity contribution in [3.05, 3.63) is 66.1 Å². The van der Waals surface area contributed by atoms with E-state index in [9.17, 15) is 14.4 Å². The maximum atomic E-state index is 14.0. The molecule has 1 fully saturated rings. The molecule has 0 radical (unpaired) electrons. The standard InChI is InChI=1S/C29H32N4O5/c1-3-37-27(35)9-6-13-32(18-20-10-11-21-17-30-31-24(21)15-20)28(36)29(2)12-14-33(29)26(34)16-22-19-38-25-8-5-4-7-23(22)25/h4-5,7-8,10-11,15,17,19H,3,6,9,12-14,16,18H2,1-2H3,(H,30,31). The number of H-pyrrole nitrogens is 1. The molecule has 2 aromatic carbocycles. The number of esters is 1. The van der Waals surface area contributed by atoms with Gasteiger partial charge < -0.3 is 19.0 Å². The maximum Gasteiger partial charge on any atom is 0.305 e. The minimum Gasteiger partial charge on any atom is -0.466 e. The molecule has 5 rings (SSSR count). The van der Waals surface area contributed by atoms with Gasteiger partial charge in [-0.1, -0.05) is 30.3 Å². The van der Waals surface area contributed by atoms with E-state index < -0.39 is 5.54 Å². The van der Waals surface area contributed by atoms with Crippen molar-refractivity contribution in [2.75, 3.05) is 19.7 Å². The number of aromatic nitrogens is 2. The predicted octanol–water partition coefficient (Wildman–Crippen LogP) is 4.21. The summed E-state index contributed by atoms with van der Waals surface area (Å²) in [6.07, 6.45) is 4.82. The van der Waals surface area contributed by atoms with Gasteiger partial charge in [0.1, 0.15) is 11.1 Å². The molecule has 0 bridgehead atoms. The van der Waals surface area contributed by atoms with Crippen LogP contribution in [-0.2, 0) is 32.1 Å². The molecule has 0 saturated carbocycles. The highest BCUT2D eigenvalue weighted by molar-refractivity contribution is 5.95. The van der Waals surface area contributed by atoms with Crippen LogP contribution in [0.3, 0.4) is 0 Å². The van der Waals surface area contributed by atoms with Gasteiger partial charge in [-0.25, -0.2) is 0 Å². The molecule has 9 heteroatoms. The maximum absolute atomic E-state index is 14.0. The van der Waals surface area contributed by atoms with Crippen molar-refractivity contribution in [3.63, 3.8) is 0 Å². The summed E-state index contributed by atoms with van der Waals surface area (Å²) < 4.78 is 10.7. The lowest BCUT2D eigenvalue weighted by atomic mass is 9.84. The fourth-order valence-corrected chi connectivity index (χ4v) is 5.15. The van der Waals surface area contributed by atoms with Crippen LogP contribution in [0, 0.1) is 0 Å². The van der Waals surface area contributed by atoms with E-state index in [1.54, 1.807) is 29.2 Å². The Balaban J connectivity index is 1.32. The number of likely N-dealkylation sites (tertiary alicyclic amines) is 1. The normalized spacial score (nSPS) is 16.9. The van der Waals surface area contributed by atoms with Crippen molar-refractivity contribution in [3.8, 4) is 0 Å². The molecule has 0 aliphatic carbocycles. The number of carbonyl (C=O) groups is 3. The van der Waals surface area contributed by atoms with Gasteiger partial charge in [-0.3, -0.25) is 19.5 Å². The van der Waals surface area contributed by atoms with Crippen LogP contribution in [0.5, 0.6) is 0 Å². The Morgan fingerprint density at radius 1 is 1.21 bits per heavy atom. The summed E-state index contributed by atoms with van der Waals surface area (Å²) in [5.41, 5.74) is 2.43. The number of aromatic amines is 1. The number of fused-ring (bicyclic) bond motifs is 2. The molecule has 1 N–H and O–H groups in total. The van der Waals surface area contributed by atoms with E-state index in [1.165, 1.54) is 0 Å². The Hall–Kier alpha value is -4.14. The number of rotatable bonds is 10. The lowest BCUT2D eigenvalue weighted by molar-refractivity contribution is -0.164. The molecule has 3 heterocycles. The highest BCUT2D eigenvalue weighted by Gasteiger charge is 2.50. The Morgan fingerprint density at radius 2 is 2.05 bits per heavy atom. The molecule has 1 unspecified atom stereocenters. The third-order valence-electron chi connectivity index (χ3n) is 7.36. The van der Waals surface area contributed by atoms with Crippen molar-refractivity contribution in [1.82, 2.24) is 20.0 Å². The monoisotopic (exact) mass is 516 g/mol. The van der Waals surface area contributed by atoms with Crippen molar-refractivity contribution in [2.24, 2.45) is 0 Å². The zero-order valence-electron chi connectivity index (χ0n) is 21.7. The van der Waals surface area contributed by atoms with Crippen molar-refractivity contribution >= 4 is 39.7 Å². The molecular formula is C29H32N4O5. The smallest absolute Gasteiger partial charge is 0.305 e. The molecule has 2 aromatic heterocycles. The van der Waals surface area contributed by atoms with Crippen LogP contribution in [-0.4, -0.2) is 63.0 Å². The molecule has 1 aliphatic heterocycles. The van der Waals surface area contributed by atoms with Gasteiger partial charge in [0.05, 0.1) is 31.0 Å². The second kappa shape index (κ2) is 10.7. The first-order chi connectivity index (χ1) is 18.4. The molecule has 38 heavy (non-hydrogen) atoms. The van der Waals surface area contributed by atoms with Crippen LogP contribution in [0.2, 0.25) is 0 Å². The van der Waals surface area contributed by atoms with E-state index in [1.807, 2.05) is 49.4 Å². The largest absolute Gasteiger partial charge is 0.466 e. The summed E-state index contributed by atoms with van der Waals surface area (Å²) in [7, 11) is 0. The van der Waals surface area contributed by atoms with Crippen molar-refractivity contribution in [2.45, 2.75) is 51.6 Å². The number of benzene rings is 2. The summed E-state index contributed by atoms with van der Waals surface area (Å²) in [5, 5.41) is 8.94. The molecule has 4 aromatic rings. The van der Waals surface area contributed by atoms with E-state index in [-0.39, 0.29) is 30.6 Å². The third-order valence-corrected chi connectivity index (χ3v) is 7.36. The number of amides is 2. The van der Waals surface area contributed by atoms with E-state index >= 15 is 0 Å². The molecule has 0 spiro atoms. The topological polar surface area (TPSA) is 109 Å². The Morgan fingerprint density at radius 3 is 2.84 bits per heavy atom. The van der Waals surface area contributed by atoms with E-state index in [0.717, 1.165) is 33.0 Å². The van der Waals surface area contributed by atoms with Crippen molar-refractivity contribution in [1.29, 1.82) is 0 Å². The number of hydrogen-bond donors (Lipinski definition) is 1. The van der Waals surface area contributed by atoms with Gasteiger partial charge in [0.2, 0.25) is 11.8 Å². The van der Waals surface area contributed by atoms with Crippen LogP contribution in [0.4, 0.5) is 0 Å². The zero-order valence-corrected chi connectivity index (χ0v) is 21.7. The quantitative estimate of drug-likeness (QED) is 0.316. The average molecular weight is 517 g/mol. The highest BCUT2D eigenvalue weighted by Crippen LogP contribution is 2.34. The van der Waals surface area contributed by atoms with Gasteiger partial charge in [-0.2, -0.15) is 5.10 Å². The van der Waals surface area contributed by atoms with Gasteiger partial charge in [0, 0.05) is 42.4 Å². The SMILES string of the molecule is CCOC(=O)CCCN(Cc1ccc2cn[nH]c2c1)C(=O)C1(C)CCN1C(=O)Cc1coc2ccccc12.